The highest BCUT2D eigenvalue weighted by atomic mass is 16.5. The molecule has 2 aliphatic rings. The van der Waals surface area contributed by atoms with Crippen LogP contribution in [0.3, 0.4) is 0 Å². The molecule has 2 rings (SSSR count). The Labute approximate surface area is 113 Å². The van der Waals surface area contributed by atoms with Gasteiger partial charge in [-0.1, -0.05) is 0 Å². The van der Waals surface area contributed by atoms with Crippen molar-refractivity contribution < 1.29 is 19.4 Å². The van der Waals surface area contributed by atoms with Gasteiger partial charge in [-0.05, 0) is 19.8 Å². The highest BCUT2D eigenvalue weighted by Crippen LogP contribution is 2.23. The number of hydrogen-bond acceptors (Lipinski definition) is 5. The molecular weight excluding hydrogens is 248 g/mol. The summed E-state index contributed by atoms with van der Waals surface area (Å²) in [6.45, 7) is 3.90. The van der Waals surface area contributed by atoms with Crippen LogP contribution in [0.25, 0.3) is 0 Å². The molecular formula is C13H24N2O4. The lowest BCUT2D eigenvalue weighted by molar-refractivity contribution is -0.137. The molecule has 0 saturated carbocycles. The third-order valence-corrected chi connectivity index (χ3v) is 3.61. The van der Waals surface area contributed by atoms with Crippen LogP contribution in [0.1, 0.15) is 26.2 Å². The van der Waals surface area contributed by atoms with Gasteiger partial charge < -0.3 is 25.2 Å². The SMILES string of the molecule is CCNC(=O)C[C@@H]1CC[C@@H]2NC[C@@H](O)COC[C@H]2O1. The first-order chi connectivity index (χ1) is 9.19. The summed E-state index contributed by atoms with van der Waals surface area (Å²) in [5, 5.41) is 15.7. The fourth-order valence-corrected chi connectivity index (χ4v) is 2.64. The number of carbonyl (C=O) groups excluding carboxylic acids is 1. The number of carbonyl (C=O) groups is 1. The number of aliphatic hydroxyl groups is 1. The van der Waals surface area contributed by atoms with Crippen molar-refractivity contribution in [3.05, 3.63) is 0 Å². The molecule has 19 heavy (non-hydrogen) atoms. The van der Waals surface area contributed by atoms with E-state index in [0.717, 1.165) is 12.8 Å². The van der Waals surface area contributed by atoms with Crippen molar-refractivity contribution in [1.29, 1.82) is 0 Å². The van der Waals surface area contributed by atoms with Crippen molar-refractivity contribution in [2.24, 2.45) is 0 Å². The molecule has 3 N–H and O–H groups in total. The lowest BCUT2D eigenvalue weighted by atomic mass is 9.96. The maximum absolute atomic E-state index is 11.6. The van der Waals surface area contributed by atoms with Gasteiger partial charge >= 0.3 is 0 Å². The molecule has 2 aliphatic heterocycles. The number of rotatable bonds is 3. The third-order valence-electron chi connectivity index (χ3n) is 3.61. The van der Waals surface area contributed by atoms with E-state index in [-0.39, 0.29) is 24.2 Å². The predicted molar refractivity (Wildman–Crippen MR) is 69.8 cm³/mol. The van der Waals surface area contributed by atoms with Crippen molar-refractivity contribution in [2.75, 3.05) is 26.3 Å². The Balaban J connectivity index is 1.82. The van der Waals surface area contributed by atoms with Crippen molar-refractivity contribution in [3.63, 3.8) is 0 Å². The lowest BCUT2D eigenvalue weighted by Gasteiger charge is -2.38. The molecule has 6 nitrogen and oxygen atoms in total. The minimum Gasteiger partial charge on any atom is -0.389 e. The summed E-state index contributed by atoms with van der Waals surface area (Å²) in [6.07, 6.45) is 1.73. The number of nitrogens with one attached hydrogen (secondary N) is 2. The van der Waals surface area contributed by atoms with E-state index >= 15 is 0 Å². The largest absolute Gasteiger partial charge is 0.389 e. The van der Waals surface area contributed by atoms with Gasteiger partial charge in [0.2, 0.25) is 5.91 Å². The van der Waals surface area contributed by atoms with Gasteiger partial charge in [-0.25, -0.2) is 0 Å². The predicted octanol–water partition coefficient (Wildman–Crippen LogP) is -0.590. The molecule has 2 heterocycles. The van der Waals surface area contributed by atoms with Crippen LogP contribution >= 0.6 is 0 Å². The number of β-amino-alcohol motifs (C(OH)–C–C–N with tert-alkyl or cyclic N) is 1. The average molecular weight is 272 g/mol. The maximum atomic E-state index is 11.6. The molecule has 0 aromatic carbocycles. The Kier molecular flexibility index (Phi) is 5.57. The highest BCUT2D eigenvalue weighted by molar-refractivity contribution is 5.76. The number of ether oxygens (including phenoxy) is 2. The molecule has 0 aromatic heterocycles. The highest BCUT2D eigenvalue weighted by Gasteiger charge is 2.33. The normalized spacial score (nSPS) is 35.9. The van der Waals surface area contributed by atoms with Crippen LogP contribution in [0.4, 0.5) is 0 Å². The first-order valence-corrected chi connectivity index (χ1v) is 7.10. The monoisotopic (exact) mass is 272 g/mol. The van der Waals surface area contributed by atoms with Crippen LogP contribution in [-0.2, 0) is 14.3 Å². The van der Waals surface area contributed by atoms with Crippen molar-refractivity contribution in [3.8, 4) is 0 Å². The number of aliphatic hydroxyl groups excluding tert-OH is 1. The Bertz CT molecular complexity index is 300. The van der Waals surface area contributed by atoms with E-state index in [1.165, 1.54) is 0 Å². The minimum absolute atomic E-state index is 0.0254. The zero-order valence-corrected chi connectivity index (χ0v) is 11.4. The smallest absolute Gasteiger partial charge is 0.222 e. The molecule has 1 amide bonds. The minimum atomic E-state index is -0.450. The van der Waals surface area contributed by atoms with Crippen molar-refractivity contribution >= 4 is 5.91 Å². The Morgan fingerprint density at radius 2 is 2.26 bits per heavy atom. The lowest BCUT2D eigenvalue weighted by Crippen LogP contribution is -2.53. The summed E-state index contributed by atoms with van der Waals surface area (Å²) < 4.78 is 11.4. The Hall–Kier alpha value is -0.690. The van der Waals surface area contributed by atoms with E-state index in [2.05, 4.69) is 10.6 Å². The Morgan fingerprint density at radius 3 is 3.05 bits per heavy atom. The standard InChI is InChI=1S/C13H24N2O4/c1-2-14-13(17)5-10-3-4-11-12(19-10)8-18-7-9(16)6-15-11/h9-12,15-16H,2-8H2,1H3,(H,14,17)/t9-,10+,11+,12-/m1/s1. The van der Waals surface area contributed by atoms with Gasteiger partial charge in [-0.3, -0.25) is 4.79 Å². The Morgan fingerprint density at radius 1 is 1.42 bits per heavy atom. The fourth-order valence-electron chi connectivity index (χ4n) is 2.64. The first kappa shape index (κ1) is 14.7. The van der Waals surface area contributed by atoms with Gasteiger partial charge in [-0.2, -0.15) is 0 Å². The van der Waals surface area contributed by atoms with Crippen molar-refractivity contribution in [2.45, 2.75) is 50.5 Å². The number of fused-ring (bicyclic) bond motifs is 1. The summed E-state index contributed by atoms with van der Waals surface area (Å²) in [5.41, 5.74) is 0. The van der Waals surface area contributed by atoms with E-state index in [4.69, 9.17) is 9.47 Å². The van der Waals surface area contributed by atoms with Gasteiger partial charge in [-0.15, -0.1) is 0 Å². The summed E-state index contributed by atoms with van der Waals surface area (Å²) in [5.74, 6) is 0.0427. The average Bonchev–Trinajstić information content (AvgIpc) is 2.35. The van der Waals surface area contributed by atoms with E-state index in [1.54, 1.807) is 0 Å². The summed E-state index contributed by atoms with van der Waals surface area (Å²) in [7, 11) is 0. The molecule has 0 bridgehead atoms. The summed E-state index contributed by atoms with van der Waals surface area (Å²) in [6, 6.07) is 0.209. The van der Waals surface area contributed by atoms with Crippen LogP contribution in [0.2, 0.25) is 0 Å². The maximum Gasteiger partial charge on any atom is 0.222 e. The van der Waals surface area contributed by atoms with Crippen molar-refractivity contribution in [1.82, 2.24) is 10.6 Å². The molecule has 0 aromatic rings. The van der Waals surface area contributed by atoms with Crippen LogP contribution in [-0.4, -0.2) is 61.7 Å². The molecule has 2 saturated heterocycles. The molecule has 0 unspecified atom stereocenters. The molecule has 0 aliphatic carbocycles. The third kappa shape index (κ3) is 4.42. The van der Waals surface area contributed by atoms with E-state index in [1.807, 2.05) is 6.92 Å². The van der Waals surface area contributed by atoms with Crippen LogP contribution in [0.5, 0.6) is 0 Å². The fraction of sp³-hybridized carbons (Fsp3) is 0.923. The van der Waals surface area contributed by atoms with Gasteiger partial charge in [0.05, 0.1) is 37.9 Å². The summed E-state index contributed by atoms with van der Waals surface area (Å²) in [4.78, 5) is 11.6. The zero-order chi connectivity index (χ0) is 13.7. The molecule has 0 radical (unpaired) electrons. The zero-order valence-electron chi connectivity index (χ0n) is 11.4. The molecule has 4 atom stereocenters. The van der Waals surface area contributed by atoms with Gasteiger partial charge in [0.15, 0.2) is 0 Å². The van der Waals surface area contributed by atoms with Gasteiger partial charge in [0, 0.05) is 19.1 Å². The van der Waals surface area contributed by atoms with E-state index < -0.39 is 6.10 Å². The second kappa shape index (κ2) is 7.19. The topological polar surface area (TPSA) is 79.8 Å². The van der Waals surface area contributed by atoms with Gasteiger partial charge in [0.1, 0.15) is 0 Å². The second-order valence-electron chi connectivity index (χ2n) is 5.24. The summed E-state index contributed by atoms with van der Waals surface area (Å²) >= 11 is 0. The number of hydrogen-bond donors (Lipinski definition) is 3. The van der Waals surface area contributed by atoms with Gasteiger partial charge in [0.25, 0.3) is 0 Å². The molecule has 110 valence electrons. The van der Waals surface area contributed by atoms with Crippen LogP contribution in [0, 0.1) is 0 Å². The molecule has 2 fully saturated rings. The molecule has 0 spiro atoms. The molecule has 6 heteroatoms. The van der Waals surface area contributed by atoms with E-state index in [0.29, 0.717) is 32.7 Å². The van der Waals surface area contributed by atoms with Crippen LogP contribution in [0.15, 0.2) is 0 Å². The second-order valence-corrected chi connectivity index (χ2v) is 5.24. The van der Waals surface area contributed by atoms with Crippen LogP contribution < -0.4 is 10.6 Å². The quantitative estimate of drug-likeness (QED) is 0.640. The number of amides is 1. The van der Waals surface area contributed by atoms with E-state index in [9.17, 15) is 9.90 Å². The first-order valence-electron chi connectivity index (χ1n) is 7.10.